The number of rotatable bonds is 11. The molecule has 0 saturated carbocycles. The van der Waals surface area contributed by atoms with Crippen molar-refractivity contribution in [2.45, 2.75) is 53.0 Å². The minimum absolute atomic E-state index is 0.00829. The summed E-state index contributed by atoms with van der Waals surface area (Å²) in [6, 6.07) is 9.91. The number of nitrogens with zero attached hydrogens (tertiary/aromatic N) is 2. The van der Waals surface area contributed by atoms with E-state index >= 15 is 0 Å². The molecule has 34 heavy (non-hydrogen) atoms. The average Bonchev–Trinajstić information content (AvgIpc) is 3.35. The van der Waals surface area contributed by atoms with E-state index < -0.39 is 17.9 Å². The zero-order chi connectivity index (χ0) is 25.1. The third-order valence-corrected chi connectivity index (χ3v) is 5.17. The van der Waals surface area contributed by atoms with Gasteiger partial charge in [-0.3, -0.25) is 19.6 Å². The molecule has 0 fully saturated rings. The number of amides is 3. The molecule has 0 aliphatic carbocycles. The zero-order valence-corrected chi connectivity index (χ0v) is 20.3. The van der Waals surface area contributed by atoms with Crippen LogP contribution in [0.3, 0.4) is 0 Å². The van der Waals surface area contributed by atoms with Gasteiger partial charge in [-0.2, -0.15) is 0 Å². The molecule has 0 saturated heterocycles. The Balaban J connectivity index is 2.46. The summed E-state index contributed by atoms with van der Waals surface area (Å²) in [4.78, 5) is 39.7. The summed E-state index contributed by atoms with van der Waals surface area (Å²) >= 11 is 0. The van der Waals surface area contributed by atoms with Gasteiger partial charge in [-0.05, 0) is 36.3 Å². The normalized spacial score (nSPS) is 12.2. The molecule has 2 N–H and O–H groups in total. The van der Waals surface area contributed by atoms with Crippen molar-refractivity contribution in [2.75, 3.05) is 6.54 Å². The fourth-order valence-corrected chi connectivity index (χ4v) is 3.44. The summed E-state index contributed by atoms with van der Waals surface area (Å²) in [6.07, 6.45) is 7.13. The van der Waals surface area contributed by atoms with Gasteiger partial charge in [-0.1, -0.05) is 70.2 Å². The predicted octanol–water partition coefficient (Wildman–Crippen LogP) is 4.54. The van der Waals surface area contributed by atoms with Crippen LogP contribution in [0, 0.1) is 11.8 Å². The molecule has 8 heteroatoms. The number of nitrogens with one attached hydrogen (secondary N) is 1. The average molecular weight is 470 g/mol. The minimum atomic E-state index is -1.13. The van der Waals surface area contributed by atoms with Crippen molar-refractivity contribution >= 4 is 23.8 Å². The largest absolute Gasteiger partial charge is 0.472 e. The van der Waals surface area contributed by atoms with E-state index in [4.69, 9.17) is 4.42 Å². The first-order valence-electron chi connectivity index (χ1n) is 11.6. The summed E-state index contributed by atoms with van der Waals surface area (Å²) in [7, 11) is 0. The number of carbonyl (C=O) groups is 3. The van der Waals surface area contributed by atoms with Gasteiger partial charge in [-0.25, -0.2) is 15.5 Å². The second-order valence-corrected chi connectivity index (χ2v) is 9.00. The highest BCUT2D eigenvalue weighted by molar-refractivity contribution is 5.96. The third-order valence-electron chi connectivity index (χ3n) is 5.17. The van der Waals surface area contributed by atoms with Gasteiger partial charge < -0.3 is 4.42 Å². The number of furan rings is 1. The number of benzene rings is 1. The molecule has 1 aromatic carbocycles. The first-order valence-corrected chi connectivity index (χ1v) is 11.6. The van der Waals surface area contributed by atoms with E-state index in [9.17, 15) is 19.6 Å². The van der Waals surface area contributed by atoms with Crippen LogP contribution in [0.4, 0.5) is 0 Å². The molecule has 1 aromatic heterocycles. The van der Waals surface area contributed by atoms with Crippen molar-refractivity contribution in [3.8, 4) is 0 Å². The Hall–Kier alpha value is -3.39. The first-order chi connectivity index (χ1) is 16.2. The summed E-state index contributed by atoms with van der Waals surface area (Å²) < 4.78 is 5.07. The Morgan fingerprint density at radius 3 is 2.32 bits per heavy atom. The second-order valence-electron chi connectivity index (χ2n) is 9.00. The molecule has 0 bridgehead atoms. The molecule has 2 aromatic rings. The van der Waals surface area contributed by atoms with Crippen LogP contribution in [0.15, 0.2) is 59.4 Å². The smallest absolute Gasteiger partial charge is 0.275 e. The highest BCUT2D eigenvalue weighted by atomic mass is 16.5. The Labute approximate surface area is 201 Å². The molecule has 0 aliphatic rings. The van der Waals surface area contributed by atoms with E-state index in [-0.39, 0.29) is 42.7 Å². The molecule has 0 unspecified atom stereocenters. The Morgan fingerprint density at radius 1 is 1.06 bits per heavy atom. The molecule has 3 amide bonds. The van der Waals surface area contributed by atoms with E-state index in [0.29, 0.717) is 6.42 Å². The van der Waals surface area contributed by atoms with Gasteiger partial charge in [-0.15, -0.1) is 0 Å². The molecule has 1 atom stereocenters. The van der Waals surface area contributed by atoms with Crippen LogP contribution in [0.5, 0.6) is 0 Å². The third kappa shape index (κ3) is 7.88. The maximum Gasteiger partial charge on any atom is 0.275 e. The van der Waals surface area contributed by atoms with Crippen LogP contribution in [0.1, 0.15) is 62.9 Å². The lowest BCUT2D eigenvalue weighted by atomic mass is 10.1. The van der Waals surface area contributed by atoms with E-state index in [1.165, 1.54) is 28.6 Å². The molecule has 0 aliphatic heterocycles. The van der Waals surface area contributed by atoms with Gasteiger partial charge in [0, 0.05) is 13.0 Å². The van der Waals surface area contributed by atoms with Crippen molar-refractivity contribution < 1.29 is 24.0 Å². The Bertz CT molecular complexity index is 939. The summed E-state index contributed by atoms with van der Waals surface area (Å²) in [6.45, 7) is 8.04. The van der Waals surface area contributed by atoms with Crippen LogP contribution >= 0.6 is 0 Å². The number of hydroxylamine groups is 1. The van der Waals surface area contributed by atoms with Crippen LogP contribution in [0.25, 0.3) is 6.08 Å². The van der Waals surface area contributed by atoms with Crippen molar-refractivity contribution in [3.63, 3.8) is 0 Å². The molecule has 184 valence electrons. The number of hydrogen-bond donors (Lipinski definition) is 2. The lowest BCUT2D eigenvalue weighted by molar-refractivity contribution is -0.160. The van der Waals surface area contributed by atoms with Gasteiger partial charge in [0.2, 0.25) is 5.91 Å². The molecule has 0 spiro atoms. The molecule has 2 rings (SSSR count). The molecular weight excluding hydrogens is 434 g/mol. The lowest BCUT2D eigenvalue weighted by Crippen LogP contribution is -2.59. The molecule has 1 heterocycles. The number of hydrazine groups is 1. The van der Waals surface area contributed by atoms with Crippen molar-refractivity contribution in [1.82, 2.24) is 15.5 Å². The topological polar surface area (TPSA) is 103 Å². The standard InChI is InChI=1S/C26H35N3O5/c1-19(2)13-14-24(30)29(28(17-20(3)4)26(32)22-15-16-34-18-22)23(25(31)27-33)12-8-11-21-9-6-5-7-10-21/h5-11,15-16,18-20,23,33H,12-14,17H2,1-4H3,(H,27,31)/t23-/m0/s1. The van der Waals surface area contributed by atoms with Crippen LogP contribution in [-0.4, -0.2) is 45.5 Å². The predicted molar refractivity (Wildman–Crippen MR) is 129 cm³/mol. The number of hydrogen-bond acceptors (Lipinski definition) is 5. The second kappa shape index (κ2) is 13.3. The van der Waals surface area contributed by atoms with E-state index in [2.05, 4.69) is 0 Å². The fourth-order valence-electron chi connectivity index (χ4n) is 3.44. The van der Waals surface area contributed by atoms with Crippen LogP contribution < -0.4 is 5.48 Å². The van der Waals surface area contributed by atoms with E-state index in [1.54, 1.807) is 11.6 Å². The van der Waals surface area contributed by atoms with Gasteiger partial charge in [0.25, 0.3) is 11.8 Å². The summed E-state index contributed by atoms with van der Waals surface area (Å²) in [5.74, 6) is -1.33. The van der Waals surface area contributed by atoms with Crippen molar-refractivity contribution in [2.24, 2.45) is 11.8 Å². The first kappa shape index (κ1) is 26.9. The highest BCUT2D eigenvalue weighted by Crippen LogP contribution is 2.20. The van der Waals surface area contributed by atoms with Gasteiger partial charge >= 0.3 is 0 Å². The van der Waals surface area contributed by atoms with E-state index in [0.717, 1.165) is 5.56 Å². The van der Waals surface area contributed by atoms with Crippen LogP contribution in [0.2, 0.25) is 0 Å². The zero-order valence-electron chi connectivity index (χ0n) is 20.3. The quantitative estimate of drug-likeness (QED) is 0.372. The maximum atomic E-state index is 13.5. The van der Waals surface area contributed by atoms with E-state index in [1.807, 2.05) is 64.1 Å². The summed E-state index contributed by atoms with van der Waals surface area (Å²) in [5.41, 5.74) is 2.87. The molecular formula is C26H35N3O5. The lowest BCUT2D eigenvalue weighted by Gasteiger charge is -2.40. The Kier molecular flexibility index (Phi) is 10.5. The van der Waals surface area contributed by atoms with Crippen molar-refractivity contribution in [1.29, 1.82) is 0 Å². The minimum Gasteiger partial charge on any atom is -0.472 e. The molecule has 8 nitrogen and oxygen atoms in total. The van der Waals surface area contributed by atoms with Gasteiger partial charge in [0.15, 0.2) is 0 Å². The number of carbonyl (C=O) groups excluding carboxylic acids is 3. The SMILES string of the molecule is CC(C)CCC(=O)N([C@@H](CC=Cc1ccccc1)C(=O)NO)N(CC(C)C)C(=O)c1ccoc1. The fraction of sp³-hybridized carbons (Fsp3) is 0.423. The monoisotopic (exact) mass is 469 g/mol. The molecule has 0 radical (unpaired) electrons. The van der Waals surface area contributed by atoms with Gasteiger partial charge in [0.1, 0.15) is 12.3 Å². The summed E-state index contributed by atoms with van der Waals surface area (Å²) in [5, 5.41) is 12.0. The van der Waals surface area contributed by atoms with Gasteiger partial charge in [0.05, 0.1) is 11.8 Å². The van der Waals surface area contributed by atoms with Crippen LogP contribution in [-0.2, 0) is 9.59 Å². The highest BCUT2D eigenvalue weighted by Gasteiger charge is 2.37. The maximum absolute atomic E-state index is 13.5. The van der Waals surface area contributed by atoms with Crippen molar-refractivity contribution in [3.05, 3.63) is 66.1 Å². The Morgan fingerprint density at radius 2 is 1.76 bits per heavy atom.